The van der Waals surface area contributed by atoms with E-state index in [4.69, 9.17) is 0 Å². The van der Waals surface area contributed by atoms with Gasteiger partial charge >= 0.3 is 0 Å². The van der Waals surface area contributed by atoms with Gasteiger partial charge in [0.2, 0.25) is 5.91 Å². The number of nitrogens with one attached hydrogen (secondary N) is 2. The predicted octanol–water partition coefficient (Wildman–Crippen LogP) is 3.57. The molecule has 4 nitrogen and oxygen atoms in total. The molecule has 0 saturated carbocycles. The Morgan fingerprint density at radius 2 is 1.68 bits per heavy atom. The molecule has 0 bridgehead atoms. The van der Waals surface area contributed by atoms with E-state index in [0.29, 0.717) is 5.56 Å². The van der Waals surface area contributed by atoms with Gasteiger partial charge in [0.25, 0.3) is 5.91 Å². The highest BCUT2D eigenvalue weighted by molar-refractivity contribution is 6.04. The van der Waals surface area contributed by atoms with E-state index < -0.39 is 29.1 Å². The number of carbonyl (C=O) groups excluding carboxylic acids is 2. The van der Waals surface area contributed by atoms with Crippen LogP contribution in [-0.4, -0.2) is 11.8 Å². The van der Waals surface area contributed by atoms with Crippen LogP contribution in [0.3, 0.4) is 0 Å². The molecule has 0 spiro atoms. The molecule has 22 heavy (non-hydrogen) atoms. The van der Waals surface area contributed by atoms with Crippen molar-refractivity contribution in [1.29, 1.82) is 0 Å². The van der Waals surface area contributed by atoms with Crippen LogP contribution in [0.5, 0.6) is 0 Å². The van der Waals surface area contributed by atoms with Gasteiger partial charge in [-0.25, -0.2) is 8.78 Å². The summed E-state index contributed by atoms with van der Waals surface area (Å²) in [6, 6.07) is 10.3. The Morgan fingerprint density at radius 3 is 2.32 bits per heavy atom. The van der Waals surface area contributed by atoms with Crippen molar-refractivity contribution >= 4 is 23.2 Å². The van der Waals surface area contributed by atoms with E-state index in [2.05, 4.69) is 10.6 Å². The third-order valence-corrected chi connectivity index (χ3v) is 2.96. The van der Waals surface area contributed by atoms with Gasteiger partial charge in [-0.2, -0.15) is 0 Å². The van der Waals surface area contributed by atoms with Gasteiger partial charge in [0.05, 0.1) is 5.69 Å². The molecule has 0 aliphatic rings. The monoisotopic (exact) mass is 304 g/mol. The Bertz CT molecular complexity index is 703. The van der Waals surface area contributed by atoms with E-state index >= 15 is 0 Å². The molecule has 0 aliphatic heterocycles. The van der Waals surface area contributed by atoms with Crippen LogP contribution in [0, 0.1) is 11.6 Å². The lowest BCUT2D eigenvalue weighted by atomic mass is 10.2. The second-order valence-electron chi connectivity index (χ2n) is 4.51. The molecule has 0 heterocycles. The number of halogens is 2. The standard InChI is InChI=1S/C16H14F2N2O2/c1-2-13(21)20-15-11(17)8-9-12(14(15)18)19-16(22)10-6-4-3-5-7-10/h3-9H,2H2,1H3,(H,19,22)(H,20,21). The van der Waals surface area contributed by atoms with Crippen molar-refractivity contribution in [3.8, 4) is 0 Å². The molecule has 0 radical (unpaired) electrons. The van der Waals surface area contributed by atoms with Crippen LogP contribution >= 0.6 is 0 Å². The van der Waals surface area contributed by atoms with Gasteiger partial charge in [-0.05, 0) is 24.3 Å². The first-order chi connectivity index (χ1) is 10.5. The largest absolute Gasteiger partial charge is 0.321 e. The summed E-state index contributed by atoms with van der Waals surface area (Å²) in [4.78, 5) is 23.3. The first-order valence-corrected chi connectivity index (χ1v) is 6.67. The minimum Gasteiger partial charge on any atom is -0.321 e. The molecule has 2 aromatic carbocycles. The zero-order valence-corrected chi connectivity index (χ0v) is 11.8. The minimum absolute atomic E-state index is 0.0828. The average Bonchev–Trinajstić information content (AvgIpc) is 2.54. The van der Waals surface area contributed by atoms with Crippen LogP contribution in [0.1, 0.15) is 23.7 Å². The van der Waals surface area contributed by atoms with Crippen LogP contribution in [-0.2, 0) is 4.79 Å². The number of anilines is 2. The number of amides is 2. The van der Waals surface area contributed by atoms with Crippen LogP contribution in [0.2, 0.25) is 0 Å². The third kappa shape index (κ3) is 3.46. The highest BCUT2D eigenvalue weighted by Crippen LogP contribution is 2.26. The van der Waals surface area contributed by atoms with Gasteiger partial charge in [0.15, 0.2) is 5.82 Å². The summed E-state index contributed by atoms with van der Waals surface area (Å²) in [5, 5.41) is 4.49. The van der Waals surface area contributed by atoms with Gasteiger partial charge in [-0.3, -0.25) is 9.59 Å². The molecule has 0 saturated heterocycles. The van der Waals surface area contributed by atoms with Gasteiger partial charge in [0.1, 0.15) is 11.5 Å². The second kappa shape index (κ2) is 6.80. The van der Waals surface area contributed by atoms with Crippen LogP contribution < -0.4 is 10.6 Å². The van der Waals surface area contributed by atoms with E-state index in [0.717, 1.165) is 12.1 Å². The molecule has 2 N–H and O–H groups in total. The molecule has 0 fully saturated rings. The van der Waals surface area contributed by atoms with E-state index in [1.807, 2.05) is 0 Å². The Kier molecular flexibility index (Phi) is 4.83. The van der Waals surface area contributed by atoms with Crippen molar-refractivity contribution in [2.75, 3.05) is 10.6 Å². The van der Waals surface area contributed by atoms with Crippen molar-refractivity contribution in [2.45, 2.75) is 13.3 Å². The van der Waals surface area contributed by atoms with Gasteiger partial charge in [-0.15, -0.1) is 0 Å². The summed E-state index contributed by atoms with van der Waals surface area (Å²) in [5.74, 6) is -2.98. The summed E-state index contributed by atoms with van der Waals surface area (Å²) in [6.07, 6.45) is 0.0828. The molecule has 0 unspecified atom stereocenters. The predicted molar refractivity (Wildman–Crippen MR) is 79.7 cm³/mol. The summed E-state index contributed by atoms with van der Waals surface area (Å²) < 4.78 is 27.9. The number of rotatable bonds is 4. The molecule has 0 aromatic heterocycles. The topological polar surface area (TPSA) is 58.2 Å². The van der Waals surface area contributed by atoms with Gasteiger partial charge in [-0.1, -0.05) is 25.1 Å². The molecule has 2 aromatic rings. The number of hydrogen-bond donors (Lipinski definition) is 2. The highest BCUT2D eigenvalue weighted by Gasteiger charge is 2.17. The van der Waals surface area contributed by atoms with Crippen molar-refractivity contribution in [2.24, 2.45) is 0 Å². The molecular weight excluding hydrogens is 290 g/mol. The van der Waals surface area contributed by atoms with E-state index in [1.165, 1.54) is 0 Å². The van der Waals surface area contributed by atoms with Crippen LogP contribution in [0.15, 0.2) is 42.5 Å². The summed E-state index contributed by atoms with van der Waals surface area (Å²) in [6.45, 7) is 1.56. The normalized spacial score (nSPS) is 10.1. The summed E-state index contributed by atoms with van der Waals surface area (Å²) in [7, 11) is 0. The first-order valence-electron chi connectivity index (χ1n) is 6.67. The van der Waals surface area contributed by atoms with Crippen molar-refractivity contribution in [3.05, 3.63) is 59.7 Å². The van der Waals surface area contributed by atoms with Crippen LogP contribution in [0.25, 0.3) is 0 Å². The lowest BCUT2D eigenvalue weighted by molar-refractivity contribution is -0.115. The van der Waals surface area contributed by atoms with Gasteiger partial charge < -0.3 is 10.6 Å². The van der Waals surface area contributed by atoms with Gasteiger partial charge in [0, 0.05) is 12.0 Å². The maximum atomic E-state index is 14.2. The van der Waals surface area contributed by atoms with Crippen molar-refractivity contribution in [3.63, 3.8) is 0 Å². The molecule has 2 rings (SSSR count). The Labute approximate surface area is 126 Å². The number of hydrogen-bond acceptors (Lipinski definition) is 2. The minimum atomic E-state index is -1.02. The van der Waals surface area contributed by atoms with Crippen molar-refractivity contribution < 1.29 is 18.4 Å². The fourth-order valence-electron chi connectivity index (χ4n) is 1.78. The smallest absolute Gasteiger partial charge is 0.255 e. The number of benzene rings is 2. The fourth-order valence-corrected chi connectivity index (χ4v) is 1.78. The molecular formula is C16H14F2N2O2. The van der Waals surface area contributed by atoms with E-state index in [9.17, 15) is 18.4 Å². The van der Waals surface area contributed by atoms with Crippen molar-refractivity contribution in [1.82, 2.24) is 0 Å². The number of carbonyl (C=O) groups is 2. The summed E-state index contributed by atoms with van der Waals surface area (Å²) in [5.41, 5.74) is -0.440. The maximum Gasteiger partial charge on any atom is 0.255 e. The van der Waals surface area contributed by atoms with E-state index in [-0.39, 0.29) is 12.1 Å². The van der Waals surface area contributed by atoms with E-state index in [1.54, 1.807) is 37.3 Å². The second-order valence-corrected chi connectivity index (χ2v) is 4.51. The lowest BCUT2D eigenvalue weighted by Gasteiger charge is -2.11. The first kappa shape index (κ1) is 15.6. The van der Waals surface area contributed by atoms with Crippen LogP contribution in [0.4, 0.5) is 20.2 Å². The molecule has 2 amide bonds. The molecule has 0 atom stereocenters. The lowest BCUT2D eigenvalue weighted by Crippen LogP contribution is -2.16. The Balaban J connectivity index is 2.27. The zero-order valence-electron chi connectivity index (χ0n) is 11.8. The molecule has 0 aliphatic carbocycles. The zero-order chi connectivity index (χ0) is 16.1. The summed E-state index contributed by atoms with van der Waals surface area (Å²) >= 11 is 0. The Hall–Kier alpha value is -2.76. The maximum absolute atomic E-state index is 14.2. The highest BCUT2D eigenvalue weighted by atomic mass is 19.1. The third-order valence-electron chi connectivity index (χ3n) is 2.96. The Morgan fingerprint density at radius 1 is 1.00 bits per heavy atom. The SMILES string of the molecule is CCC(=O)Nc1c(F)ccc(NC(=O)c2ccccc2)c1F. The molecule has 6 heteroatoms. The quantitative estimate of drug-likeness (QED) is 0.907. The molecule has 114 valence electrons. The average molecular weight is 304 g/mol. The fraction of sp³-hybridized carbons (Fsp3) is 0.125.